The Morgan fingerprint density at radius 2 is 2.12 bits per heavy atom. The number of pyridine rings is 1. The standard InChI is InChI=1S/C13H11ClINO/c1-9-6-10(7-14)8-16-13(9)17-12-5-3-2-4-11(12)15/h2-6,8H,7H2,1H3. The van der Waals surface area contributed by atoms with Crippen LogP contribution in [0.2, 0.25) is 0 Å². The van der Waals surface area contributed by atoms with Gasteiger partial charge >= 0.3 is 0 Å². The van der Waals surface area contributed by atoms with Crippen molar-refractivity contribution in [3.05, 3.63) is 51.2 Å². The summed E-state index contributed by atoms with van der Waals surface area (Å²) in [5.41, 5.74) is 1.99. The van der Waals surface area contributed by atoms with Crippen LogP contribution in [0.1, 0.15) is 11.1 Å². The van der Waals surface area contributed by atoms with E-state index in [0.717, 1.165) is 20.4 Å². The zero-order chi connectivity index (χ0) is 12.3. The van der Waals surface area contributed by atoms with Crippen LogP contribution in [0.3, 0.4) is 0 Å². The molecule has 0 saturated carbocycles. The summed E-state index contributed by atoms with van der Waals surface area (Å²) in [5, 5.41) is 0. The van der Waals surface area contributed by atoms with Crippen LogP contribution < -0.4 is 4.74 Å². The number of aromatic nitrogens is 1. The second-order valence-electron chi connectivity index (χ2n) is 3.63. The van der Waals surface area contributed by atoms with Crippen LogP contribution >= 0.6 is 34.2 Å². The van der Waals surface area contributed by atoms with E-state index in [4.69, 9.17) is 16.3 Å². The Bertz CT molecular complexity index is 531. The SMILES string of the molecule is Cc1cc(CCl)cnc1Oc1ccccc1I. The third-order valence-corrected chi connectivity index (χ3v) is 3.48. The Morgan fingerprint density at radius 3 is 2.76 bits per heavy atom. The van der Waals surface area contributed by atoms with Gasteiger partial charge in [0.25, 0.3) is 0 Å². The van der Waals surface area contributed by atoms with Crippen LogP contribution in [0.5, 0.6) is 11.6 Å². The molecule has 2 nitrogen and oxygen atoms in total. The third kappa shape index (κ3) is 3.10. The first kappa shape index (κ1) is 12.6. The largest absolute Gasteiger partial charge is 0.438 e. The lowest BCUT2D eigenvalue weighted by Gasteiger charge is -2.09. The van der Waals surface area contributed by atoms with Gasteiger partial charge in [-0.2, -0.15) is 0 Å². The van der Waals surface area contributed by atoms with Crippen LogP contribution in [0.15, 0.2) is 36.5 Å². The van der Waals surface area contributed by atoms with Crippen molar-refractivity contribution in [2.75, 3.05) is 0 Å². The van der Waals surface area contributed by atoms with Crippen LogP contribution in [-0.2, 0) is 5.88 Å². The van der Waals surface area contributed by atoms with Crippen molar-refractivity contribution in [3.8, 4) is 11.6 Å². The molecule has 0 saturated heterocycles. The van der Waals surface area contributed by atoms with E-state index in [1.54, 1.807) is 6.20 Å². The van der Waals surface area contributed by atoms with Crippen LogP contribution in [0.4, 0.5) is 0 Å². The predicted octanol–water partition coefficient (Wildman–Crippen LogP) is 4.53. The molecule has 0 bridgehead atoms. The number of ether oxygens (including phenoxy) is 1. The van der Waals surface area contributed by atoms with Crippen LogP contribution in [0, 0.1) is 10.5 Å². The van der Waals surface area contributed by atoms with Gasteiger partial charge in [0, 0.05) is 17.6 Å². The quantitative estimate of drug-likeness (QED) is 0.593. The summed E-state index contributed by atoms with van der Waals surface area (Å²) in [6, 6.07) is 9.84. The van der Waals surface area contributed by atoms with Gasteiger partial charge in [-0.3, -0.25) is 0 Å². The summed E-state index contributed by atoms with van der Waals surface area (Å²) < 4.78 is 6.84. The van der Waals surface area contributed by atoms with Crippen molar-refractivity contribution in [2.45, 2.75) is 12.8 Å². The topological polar surface area (TPSA) is 22.1 Å². The smallest absolute Gasteiger partial charge is 0.222 e. The maximum Gasteiger partial charge on any atom is 0.222 e. The Kier molecular flexibility index (Phi) is 4.23. The molecular weight excluding hydrogens is 349 g/mol. The number of para-hydroxylation sites is 1. The van der Waals surface area contributed by atoms with E-state index in [9.17, 15) is 0 Å². The van der Waals surface area contributed by atoms with Gasteiger partial charge < -0.3 is 4.74 Å². The Balaban J connectivity index is 2.28. The van der Waals surface area contributed by atoms with Gasteiger partial charge in [0.1, 0.15) is 5.75 Å². The molecule has 0 atom stereocenters. The first-order chi connectivity index (χ1) is 8.20. The fourth-order valence-electron chi connectivity index (χ4n) is 1.43. The molecule has 0 amide bonds. The van der Waals surface area contributed by atoms with Gasteiger partial charge in [-0.1, -0.05) is 12.1 Å². The molecule has 1 aromatic carbocycles. The van der Waals surface area contributed by atoms with Crippen LogP contribution in [0.25, 0.3) is 0 Å². The Labute approximate surface area is 119 Å². The summed E-state index contributed by atoms with van der Waals surface area (Å²) in [4.78, 5) is 4.28. The van der Waals surface area contributed by atoms with E-state index in [1.807, 2.05) is 37.3 Å². The number of rotatable bonds is 3. The molecule has 0 aliphatic carbocycles. The first-order valence-electron chi connectivity index (χ1n) is 5.14. The lowest BCUT2D eigenvalue weighted by Crippen LogP contribution is -1.94. The summed E-state index contributed by atoms with van der Waals surface area (Å²) >= 11 is 7.99. The molecule has 0 unspecified atom stereocenters. The van der Waals surface area contributed by atoms with Gasteiger partial charge in [0.05, 0.1) is 3.57 Å². The minimum atomic E-state index is 0.469. The summed E-state index contributed by atoms with van der Waals surface area (Å²) in [7, 11) is 0. The number of hydrogen-bond acceptors (Lipinski definition) is 2. The fraction of sp³-hybridized carbons (Fsp3) is 0.154. The van der Waals surface area contributed by atoms with Gasteiger partial charge in [-0.15, -0.1) is 11.6 Å². The van der Waals surface area contributed by atoms with Gasteiger partial charge in [0.15, 0.2) is 0 Å². The lowest BCUT2D eigenvalue weighted by atomic mass is 10.2. The van der Waals surface area contributed by atoms with Crippen molar-refractivity contribution in [1.82, 2.24) is 4.98 Å². The molecule has 2 aromatic rings. The van der Waals surface area contributed by atoms with Crippen molar-refractivity contribution in [3.63, 3.8) is 0 Å². The van der Waals surface area contributed by atoms with Gasteiger partial charge in [-0.25, -0.2) is 4.98 Å². The molecule has 0 radical (unpaired) electrons. The van der Waals surface area contributed by atoms with E-state index in [-0.39, 0.29) is 0 Å². The molecule has 1 aromatic heterocycles. The van der Waals surface area contributed by atoms with Crippen molar-refractivity contribution in [1.29, 1.82) is 0 Å². The average molecular weight is 360 g/mol. The molecule has 88 valence electrons. The van der Waals surface area contributed by atoms with Crippen molar-refractivity contribution >= 4 is 34.2 Å². The number of aryl methyl sites for hydroxylation is 1. The molecule has 17 heavy (non-hydrogen) atoms. The minimum Gasteiger partial charge on any atom is -0.438 e. The normalized spacial score (nSPS) is 10.3. The van der Waals surface area contributed by atoms with Crippen LogP contribution in [-0.4, -0.2) is 4.98 Å². The molecule has 4 heteroatoms. The highest BCUT2D eigenvalue weighted by Crippen LogP contribution is 2.27. The lowest BCUT2D eigenvalue weighted by molar-refractivity contribution is 0.455. The minimum absolute atomic E-state index is 0.469. The number of hydrogen-bond donors (Lipinski definition) is 0. The monoisotopic (exact) mass is 359 g/mol. The van der Waals surface area contributed by atoms with Gasteiger partial charge in [-0.05, 0) is 53.3 Å². The van der Waals surface area contributed by atoms with Crippen molar-refractivity contribution < 1.29 is 4.74 Å². The summed E-state index contributed by atoms with van der Waals surface area (Å²) in [5.74, 6) is 1.92. The molecule has 1 heterocycles. The number of benzene rings is 1. The molecule has 0 aliphatic rings. The van der Waals surface area contributed by atoms with Gasteiger partial charge in [0.2, 0.25) is 5.88 Å². The predicted molar refractivity (Wildman–Crippen MR) is 77.8 cm³/mol. The highest BCUT2D eigenvalue weighted by Gasteiger charge is 2.06. The third-order valence-electron chi connectivity index (χ3n) is 2.28. The molecule has 0 aliphatic heterocycles. The number of halogens is 2. The second-order valence-corrected chi connectivity index (χ2v) is 5.06. The van der Waals surface area contributed by atoms with E-state index < -0.39 is 0 Å². The summed E-state index contributed by atoms with van der Waals surface area (Å²) in [6.07, 6.45) is 1.74. The van der Waals surface area contributed by atoms with E-state index in [1.165, 1.54) is 0 Å². The zero-order valence-electron chi connectivity index (χ0n) is 9.28. The zero-order valence-corrected chi connectivity index (χ0v) is 12.2. The maximum atomic E-state index is 5.78. The maximum absolute atomic E-state index is 5.78. The average Bonchev–Trinajstić information content (AvgIpc) is 2.34. The van der Waals surface area contributed by atoms with E-state index in [2.05, 4.69) is 27.6 Å². The number of alkyl halides is 1. The van der Waals surface area contributed by atoms with E-state index >= 15 is 0 Å². The number of nitrogens with zero attached hydrogens (tertiary/aromatic N) is 1. The van der Waals surface area contributed by atoms with E-state index in [0.29, 0.717) is 11.8 Å². The highest BCUT2D eigenvalue weighted by atomic mass is 127. The molecular formula is C13H11ClINO. The highest BCUT2D eigenvalue weighted by molar-refractivity contribution is 14.1. The Hall–Kier alpha value is -0.810. The second kappa shape index (κ2) is 5.69. The fourth-order valence-corrected chi connectivity index (χ4v) is 2.08. The Morgan fingerprint density at radius 1 is 1.35 bits per heavy atom. The molecule has 0 spiro atoms. The molecule has 0 N–H and O–H groups in total. The molecule has 2 rings (SSSR count). The van der Waals surface area contributed by atoms with Crippen molar-refractivity contribution in [2.24, 2.45) is 0 Å². The first-order valence-corrected chi connectivity index (χ1v) is 6.76. The summed E-state index contributed by atoms with van der Waals surface area (Å²) in [6.45, 7) is 1.97. The molecule has 0 fully saturated rings.